The highest BCUT2D eigenvalue weighted by Gasteiger charge is 2.28. The Bertz CT molecular complexity index is 378. The minimum absolute atomic E-state index is 0.597. The van der Waals surface area contributed by atoms with Gasteiger partial charge in [-0.05, 0) is 29.7 Å². The Kier molecular flexibility index (Phi) is 2.54. The number of piperazine rings is 1. The first-order valence-electron chi connectivity index (χ1n) is 5.58. The van der Waals surface area contributed by atoms with Gasteiger partial charge in [0.25, 0.3) is 0 Å². The van der Waals surface area contributed by atoms with Crippen LogP contribution in [0.5, 0.6) is 0 Å². The minimum Gasteiger partial charge on any atom is -0.314 e. The quantitative estimate of drug-likeness (QED) is 0.773. The van der Waals surface area contributed by atoms with Crippen LogP contribution in [-0.4, -0.2) is 31.1 Å². The maximum atomic E-state index is 3.57. The molecular weight excluding hydrogens is 252 g/mol. The van der Waals surface area contributed by atoms with Crippen molar-refractivity contribution in [2.45, 2.75) is 12.5 Å². The molecule has 2 aliphatic heterocycles. The lowest BCUT2D eigenvalue weighted by molar-refractivity contribution is 0.152. The van der Waals surface area contributed by atoms with Crippen LogP contribution in [0.4, 0.5) is 0 Å². The van der Waals surface area contributed by atoms with Gasteiger partial charge in [-0.2, -0.15) is 0 Å². The summed E-state index contributed by atoms with van der Waals surface area (Å²) in [7, 11) is 0. The molecule has 0 aliphatic carbocycles. The number of hydrogen-bond acceptors (Lipinski definition) is 2. The summed E-state index contributed by atoms with van der Waals surface area (Å²) in [5.41, 5.74) is 3.05. The van der Waals surface area contributed by atoms with E-state index < -0.39 is 0 Å². The zero-order valence-electron chi connectivity index (χ0n) is 8.67. The normalized spacial score (nSPS) is 25.8. The second kappa shape index (κ2) is 3.89. The summed E-state index contributed by atoms with van der Waals surface area (Å²) in [6, 6.07) is 7.31. The lowest BCUT2D eigenvalue weighted by Crippen LogP contribution is -2.48. The monoisotopic (exact) mass is 266 g/mol. The number of benzene rings is 1. The number of nitrogens with one attached hydrogen (secondary N) is 1. The molecule has 0 radical (unpaired) electrons. The Morgan fingerprint density at radius 3 is 3.20 bits per heavy atom. The van der Waals surface area contributed by atoms with E-state index in [1.165, 1.54) is 35.1 Å². The molecule has 15 heavy (non-hydrogen) atoms. The predicted octanol–water partition coefficient (Wildman–Crippen LogP) is 1.95. The van der Waals surface area contributed by atoms with Gasteiger partial charge < -0.3 is 5.32 Å². The molecule has 80 valence electrons. The molecule has 0 saturated carbocycles. The molecule has 2 heterocycles. The summed E-state index contributed by atoms with van der Waals surface area (Å²) in [5, 5.41) is 3.49. The summed E-state index contributed by atoms with van der Waals surface area (Å²) in [6.45, 7) is 4.65. The second-order valence-electron chi connectivity index (χ2n) is 4.35. The number of fused-ring (bicyclic) bond motifs is 3. The van der Waals surface area contributed by atoms with Crippen molar-refractivity contribution >= 4 is 15.9 Å². The maximum absolute atomic E-state index is 3.57. The van der Waals surface area contributed by atoms with Gasteiger partial charge in [-0.3, -0.25) is 4.90 Å². The molecule has 1 aromatic carbocycles. The van der Waals surface area contributed by atoms with Gasteiger partial charge in [0.15, 0.2) is 0 Å². The molecule has 0 spiro atoms. The van der Waals surface area contributed by atoms with Crippen LogP contribution in [0.3, 0.4) is 0 Å². The number of hydrogen-bond donors (Lipinski definition) is 1. The fourth-order valence-electron chi connectivity index (χ4n) is 2.69. The maximum Gasteiger partial charge on any atom is 0.0476 e. The highest BCUT2D eigenvalue weighted by molar-refractivity contribution is 9.10. The molecule has 2 aliphatic rings. The lowest BCUT2D eigenvalue weighted by atomic mass is 9.91. The topological polar surface area (TPSA) is 15.3 Å². The second-order valence-corrected chi connectivity index (χ2v) is 5.26. The Morgan fingerprint density at radius 2 is 2.27 bits per heavy atom. The van der Waals surface area contributed by atoms with Crippen molar-refractivity contribution in [1.82, 2.24) is 10.2 Å². The summed E-state index contributed by atoms with van der Waals surface area (Å²) in [6.07, 6.45) is 1.21. The first kappa shape index (κ1) is 9.82. The molecule has 2 nitrogen and oxygen atoms in total. The van der Waals surface area contributed by atoms with Crippen molar-refractivity contribution in [2.24, 2.45) is 0 Å². The van der Waals surface area contributed by atoms with Crippen molar-refractivity contribution in [2.75, 3.05) is 26.2 Å². The van der Waals surface area contributed by atoms with E-state index >= 15 is 0 Å². The Morgan fingerprint density at radius 1 is 1.33 bits per heavy atom. The average Bonchev–Trinajstić information content (AvgIpc) is 2.29. The van der Waals surface area contributed by atoms with Crippen molar-refractivity contribution in [3.05, 3.63) is 33.8 Å². The summed E-state index contributed by atoms with van der Waals surface area (Å²) in [5.74, 6) is 0. The highest BCUT2D eigenvalue weighted by Crippen LogP contribution is 2.32. The lowest BCUT2D eigenvalue weighted by Gasteiger charge is -2.40. The Hall–Kier alpha value is -0.380. The summed E-state index contributed by atoms with van der Waals surface area (Å²) in [4.78, 5) is 2.60. The fourth-order valence-corrected chi connectivity index (χ4v) is 3.07. The van der Waals surface area contributed by atoms with Crippen molar-refractivity contribution in [3.8, 4) is 0 Å². The summed E-state index contributed by atoms with van der Waals surface area (Å²) < 4.78 is 1.20. The third kappa shape index (κ3) is 1.73. The van der Waals surface area contributed by atoms with Crippen LogP contribution in [0.25, 0.3) is 0 Å². The van der Waals surface area contributed by atoms with E-state index in [1.807, 2.05) is 0 Å². The Balaban J connectivity index is 2.01. The van der Waals surface area contributed by atoms with E-state index in [-0.39, 0.29) is 0 Å². The molecule has 3 heteroatoms. The van der Waals surface area contributed by atoms with Crippen LogP contribution < -0.4 is 5.32 Å². The molecule has 1 aromatic rings. The molecule has 1 atom stereocenters. The van der Waals surface area contributed by atoms with E-state index in [4.69, 9.17) is 0 Å². The van der Waals surface area contributed by atoms with E-state index in [0.29, 0.717) is 6.04 Å². The molecule has 0 bridgehead atoms. The van der Waals surface area contributed by atoms with E-state index in [2.05, 4.69) is 44.3 Å². The SMILES string of the molecule is Brc1ccc2c(c1)[C@H]1CNCCN1CC2. The van der Waals surface area contributed by atoms with Crippen molar-refractivity contribution in [3.63, 3.8) is 0 Å². The van der Waals surface area contributed by atoms with Crippen LogP contribution in [0, 0.1) is 0 Å². The predicted molar refractivity (Wildman–Crippen MR) is 65.0 cm³/mol. The third-order valence-corrected chi connectivity index (χ3v) is 3.98. The number of rotatable bonds is 0. The molecular formula is C12H15BrN2. The van der Waals surface area contributed by atoms with Crippen LogP contribution >= 0.6 is 15.9 Å². The average molecular weight is 267 g/mol. The number of halogens is 1. The molecule has 1 saturated heterocycles. The van der Waals surface area contributed by atoms with Crippen molar-refractivity contribution < 1.29 is 0 Å². The van der Waals surface area contributed by atoms with Gasteiger partial charge in [0, 0.05) is 36.7 Å². The molecule has 1 N–H and O–H groups in total. The van der Waals surface area contributed by atoms with Gasteiger partial charge in [0.1, 0.15) is 0 Å². The van der Waals surface area contributed by atoms with Gasteiger partial charge >= 0.3 is 0 Å². The van der Waals surface area contributed by atoms with E-state index in [1.54, 1.807) is 0 Å². The van der Waals surface area contributed by atoms with Gasteiger partial charge in [0.2, 0.25) is 0 Å². The van der Waals surface area contributed by atoms with Gasteiger partial charge in [-0.1, -0.05) is 22.0 Å². The standard InChI is InChI=1S/C12H15BrN2/c13-10-2-1-9-3-5-15-6-4-14-8-12(15)11(9)7-10/h1-2,7,12,14H,3-6,8H2/t12-/m1/s1. The molecule has 0 amide bonds. The van der Waals surface area contributed by atoms with Crippen LogP contribution in [0.2, 0.25) is 0 Å². The molecule has 0 aromatic heterocycles. The minimum atomic E-state index is 0.597. The Labute approximate surface area is 98.8 Å². The van der Waals surface area contributed by atoms with E-state index in [9.17, 15) is 0 Å². The largest absolute Gasteiger partial charge is 0.314 e. The van der Waals surface area contributed by atoms with E-state index in [0.717, 1.165) is 13.1 Å². The number of nitrogens with zero attached hydrogens (tertiary/aromatic N) is 1. The fraction of sp³-hybridized carbons (Fsp3) is 0.500. The third-order valence-electron chi connectivity index (χ3n) is 3.49. The van der Waals surface area contributed by atoms with Gasteiger partial charge in [-0.25, -0.2) is 0 Å². The molecule has 1 fully saturated rings. The van der Waals surface area contributed by atoms with Gasteiger partial charge in [0.05, 0.1) is 0 Å². The van der Waals surface area contributed by atoms with Crippen molar-refractivity contribution in [1.29, 1.82) is 0 Å². The van der Waals surface area contributed by atoms with Gasteiger partial charge in [-0.15, -0.1) is 0 Å². The van der Waals surface area contributed by atoms with Crippen LogP contribution in [-0.2, 0) is 6.42 Å². The summed E-state index contributed by atoms with van der Waals surface area (Å²) >= 11 is 3.57. The van der Waals surface area contributed by atoms with Crippen LogP contribution in [0.15, 0.2) is 22.7 Å². The van der Waals surface area contributed by atoms with Crippen LogP contribution in [0.1, 0.15) is 17.2 Å². The first-order chi connectivity index (χ1) is 7.34. The zero-order chi connectivity index (χ0) is 10.3. The highest BCUT2D eigenvalue weighted by atomic mass is 79.9. The zero-order valence-corrected chi connectivity index (χ0v) is 10.3. The smallest absolute Gasteiger partial charge is 0.0476 e. The molecule has 0 unspecified atom stereocenters. The first-order valence-corrected chi connectivity index (χ1v) is 6.37. The molecule has 3 rings (SSSR count).